The molecule has 3 nitrogen and oxygen atoms in total. The molecule has 0 aliphatic carbocycles. The van der Waals surface area contributed by atoms with Crippen LogP contribution in [0.2, 0.25) is 0 Å². The van der Waals surface area contributed by atoms with Crippen LogP contribution in [0.3, 0.4) is 0 Å². The molecule has 0 spiro atoms. The highest BCUT2D eigenvalue weighted by Crippen LogP contribution is 2.47. The van der Waals surface area contributed by atoms with E-state index in [1.807, 2.05) is 0 Å². The van der Waals surface area contributed by atoms with Gasteiger partial charge in [-0.2, -0.15) is 0 Å². The molecule has 0 unspecified atom stereocenters. The minimum absolute atomic E-state index is 0.00369. The predicted molar refractivity (Wildman–Crippen MR) is 210 cm³/mol. The second kappa shape index (κ2) is 9.73. The zero-order chi connectivity index (χ0) is 33.6. The third-order valence-corrected chi connectivity index (χ3v) is 11.5. The highest BCUT2D eigenvalue weighted by Gasteiger charge is 2.51. The van der Waals surface area contributed by atoms with Gasteiger partial charge in [-0.25, -0.2) is 0 Å². The van der Waals surface area contributed by atoms with Gasteiger partial charge in [0, 0.05) is 23.1 Å². The SMILES string of the molecule is Cc1cc(C)c2c(c1)Oc1cc3c4c5c1B2c1cc(C)ccc1N5c1ccc(-c2cccc5ccccc25)cc1B4c1c(C)cc(C)cc1O3. The number of anilines is 3. The van der Waals surface area contributed by atoms with E-state index in [-0.39, 0.29) is 13.4 Å². The Labute approximate surface area is 293 Å². The summed E-state index contributed by atoms with van der Waals surface area (Å²) in [7, 11) is 0. The molecule has 0 bridgehead atoms. The zero-order valence-corrected chi connectivity index (χ0v) is 28.8. The molecule has 4 heterocycles. The number of ether oxygens (including phenoxy) is 2. The van der Waals surface area contributed by atoms with E-state index in [9.17, 15) is 0 Å². The first-order valence-corrected chi connectivity index (χ1v) is 17.7. The van der Waals surface area contributed by atoms with Crippen LogP contribution in [0.25, 0.3) is 21.9 Å². The van der Waals surface area contributed by atoms with Crippen LogP contribution in [0.1, 0.15) is 27.8 Å². The molecular weight excluding hydrogens is 608 g/mol. The maximum Gasteiger partial charge on any atom is 0.256 e. The summed E-state index contributed by atoms with van der Waals surface area (Å²) < 4.78 is 13.9. The maximum atomic E-state index is 6.98. The molecule has 0 aromatic heterocycles. The molecule has 0 saturated carbocycles. The Bertz CT molecular complexity index is 2690. The molecule has 236 valence electrons. The van der Waals surface area contributed by atoms with Crippen molar-refractivity contribution in [1.82, 2.24) is 0 Å². The second-order valence-electron chi connectivity index (χ2n) is 14.8. The molecule has 0 saturated heterocycles. The van der Waals surface area contributed by atoms with E-state index < -0.39 is 0 Å². The van der Waals surface area contributed by atoms with Crippen molar-refractivity contribution < 1.29 is 9.47 Å². The number of fused-ring (bicyclic) bond motifs is 11. The largest absolute Gasteiger partial charge is 0.458 e. The number of rotatable bonds is 1. The summed E-state index contributed by atoms with van der Waals surface area (Å²) in [6.07, 6.45) is 0. The van der Waals surface area contributed by atoms with Gasteiger partial charge >= 0.3 is 0 Å². The Morgan fingerprint density at radius 3 is 1.74 bits per heavy atom. The molecular formula is C45H33B2NO2. The molecule has 0 amide bonds. The standard InChI is InChI=1S/C45H33B2NO2/c1-24-13-15-35-33(19-24)46-41-27(4)17-25(2)20-37(41)49-39-23-40-44-45(43(39)46)48(35)36-16-14-30(32-12-8-10-29-9-6-7-11-31(29)32)22-34(36)47(44)42-28(5)18-26(3)21-38(42)50-40/h6-23H,1-5H3. The third-order valence-electron chi connectivity index (χ3n) is 11.5. The van der Waals surface area contributed by atoms with Crippen molar-refractivity contribution in [3.8, 4) is 34.1 Å². The first-order valence-electron chi connectivity index (χ1n) is 17.7. The smallest absolute Gasteiger partial charge is 0.256 e. The van der Waals surface area contributed by atoms with E-state index >= 15 is 0 Å². The summed E-state index contributed by atoms with van der Waals surface area (Å²) in [6, 6.07) is 40.7. The highest BCUT2D eigenvalue weighted by molar-refractivity contribution is 7.04. The van der Waals surface area contributed by atoms with E-state index in [2.05, 4.69) is 149 Å². The summed E-state index contributed by atoms with van der Waals surface area (Å²) in [5, 5.41) is 2.52. The second-order valence-corrected chi connectivity index (χ2v) is 14.8. The average molecular weight is 641 g/mol. The van der Waals surface area contributed by atoms with Crippen molar-refractivity contribution in [3.63, 3.8) is 0 Å². The number of hydrogen-bond donors (Lipinski definition) is 0. The minimum atomic E-state index is 0.00369. The van der Waals surface area contributed by atoms with Crippen molar-refractivity contribution in [2.24, 2.45) is 0 Å². The van der Waals surface area contributed by atoms with Gasteiger partial charge in [-0.3, -0.25) is 0 Å². The Morgan fingerprint density at radius 2 is 1.06 bits per heavy atom. The molecule has 0 N–H and O–H groups in total. The molecule has 7 aromatic carbocycles. The topological polar surface area (TPSA) is 21.7 Å². The molecule has 4 aliphatic rings. The Morgan fingerprint density at radius 1 is 0.480 bits per heavy atom. The Kier molecular flexibility index (Phi) is 5.49. The highest BCUT2D eigenvalue weighted by atomic mass is 16.5. The quantitative estimate of drug-likeness (QED) is 0.175. The number of benzene rings is 7. The fraction of sp³-hybridized carbons (Fsp3) is 0.111. The maximum absolute atomic E-state index is 6.98. The summed E-state index contributed by atoms with van der Waals surface area (Å²) in [5.41, 5.74) is 19.9. The zero-order valence-electron chi connectivity index (χ0n) is 28.8. The van der Waals surface area contributed by atoms with Gasteiger partial charge < -0.3 is 14.4 Å². The molecule has 4 aliphatic heterocycles. The van der Waals surface area contributed by atoms with E-state index in [4.69, 9.17) is 9.47 Å². The van der Waals surface area contributed by atoms with Crippen LogP contribution in [-0.2, 0) is 0 Å². The van der Waals surface area contributed by atoms with Crippen LogP contribution in [0.4, 0.5) is 17.1 Å². The lowest BCUT2D eigenvalue weighted by Crippen LogP contribution is -2.67. The lowest BCUT2D eigenvalue weighted by molar-refractivity contribution is 0.465. The van der Waals surface area contributed by atoms with Crippen molar-refractivity contribution in [1.29, 1.82) is 0 Å². The third kappa shape index (κ3) is 3.62. The summed E-state index contributed by atoms with van der Waals surface area (Å²) in [4.78, 5) is 2.53. The lowest BCUT2D eigenvalue weighted by Gasteiger charge is -2.47. The van der Waals surface area contributed by atoms with Crippen LogP contribution in [-0.4, -0.2) is 13.4 Å². The Hall–Kier alpha value is -5.67. The first-order chi connectivity index (χ1) is 24.3. The number of nitrogens with zero attached hydrogens (tertiary/aromatic N) is 1. The number of aryl methyl sites for hydroxylation is 5. The summed E-state index contributed by atoms with van der Waals surface area (Å²) >= 11 is 0. The molecule has 0 fully saturated rings. The Balaban J connectivity index is 1.26. The van der Waals surface area contributed by atoms with Crippen LogP contribution in [0.5, 0.6) is 23.0 Å². The van der Waals surface area contributed by atoms with Crippen LogP contribution >= 0.6 is 0 Å². The first kappa shape index (κ1) is 28.2. The normalized spacial score (nSPS) is 13.9. The van der Waals surface area contributed by atoms with Gasteiger partial charge in [0.05, 0.1) is 0 Å². The molecule has 11 rings (SSSR count). The van der Waals surface area contributed by atoms with E-state index in [1.165, 1.54) is 99.6 Å². The monoisotopic (exact) mass is 641 g/mol. The fourth-order valence-electron chi connectivity index (χ4n) is 9.67. The average Bonchev–Trinajstić information content (AvgIpc) is 3.10. The van der Waals surface area contributed by atoms with Crippen molar-refractivity contribution in [2.75, 3.05) is 4.90 Å². The summed E-state index contributed by atoms with van der Waals surface area (Å²) in [5.74, 6) is 3.66. The molecule has 0 radical (unpaired) electrons. The van der Waals surface area contributed by atoms with E-state index in [0.29, 0.717) is 0 Å². The number of hydrogen-bond acceptors (Lipinski definition) is 3. The van der Waals surface area contributed by atoms with Gasteiger partial charge in [0.1, 0.15) is 23.0 Å². The van der Waals surface area contributed by atoms with E-state index in [0.717, 1.165) is 23.0 Å². The van der Waals surface area contributed by atoms with Gasteiger partial charge in [-0.1, -0.05) is 95.6 Å². The van der Waals surface area contributed by atoms with Gasteiger partial charge in [-0.05, 0) is 125 Å². The van der Waals surface area contributed by atoms with Crippen molar-refractivity contribution >= 4 is 74.0 Å². The molecule has 0 atom stereocenters. The molecule has 5 heteroatoms. The van der Waals surface area contributed by atoms with E-state index in [1.54, 1.807) is 0 Å². The van der Waals surface area contributed by atoms with Gasteiger partial charge in [0.25, 0.3) is 13.4 Å². The minimum Gasteiger partial charge on any atom is -0.458 e. The molecule has 50 heavy (non-hydrogen) atoms. The van der Waals surface area contributed by atoms with Crippen molar-refractivity contribution in [3.05, 3.63) is 137 Å². The fourth-order valence-corrected chi connectivity index (χ4v) is 9.67. The summed E-state index contributed by atoms with van der Waals surface area (Å²) in [6.45, 7) is 11.1. The van der Waals surface area contributed by atoms with Gasteiger partial charge in [-0.15, -0.1) is 0 Å². The van der Waals surface area contributed by atoms with Gasteiger partial charge in [0.2, 0.25) is 0 Å². The lowest BCUT2D eigenvalue weighted by atomic mass is 9.29. The molecule has 7 aromatic rings. The predicted octanol–water partition coefficient (Wildman–Crippen LogP) is 7.39. The van der Waals surface area contributed by atoms with Crippen LogP contribution in [0, 0.1) is 34.6 Å². The van der Waals surface area contributed by atoms with Crippen molar-refractivity contribution in [2.45, 2.75) is 34.6 Å². The van der Waals surface area contributed by atoms with Crippen LogP contribution < -0.4 is 47.2 Å². The van der Waals surface area contributed by atoms with Crippen LogP contribution in [0.15, 0.2) is 109 Å². The van der Waals surface area contributed by atoms with Gasteiger partial charge in [0.15, 0.2) is 0 Å².